The minimum atomic E-state index is -1.17. The molecular formula is C19H19NO5. The van der Waals surface area contributed by atoms with Gasteiger partial charge in [-0.25, -0.2) is 0 Å². The molecular weight excluding hydrogens is 322 g/mol. The predicted octanol–water partition coefficient (Wildman–Crippen LogP) is 2.19. The zero-order chi connectivity index (χ0) is 18.2. The maximum absolute atomic E-state index is 11.7. The molecule has 0 heterocycles. The van der Waals surface area contributed by atoms with Crippen LogP contribution in [0.5, 0.6) is 0 Å². The van der Waals surface area contributed by atoms with Crippen molar-refractivity contribution < 1.29 is 24.6 Å². The van der Waals surface area contributed by atoms with E-state index in [0.717, 1.165) is 16.7 Å². The maximum Gasteiger partial charge on any atom is 0.322 e. The molecule has 3 N–H and O–H groups in total. The number of hydrogen-bond acceptors (Lipinski definition) is 3. The molecule has 0 bridgehead atoms. The molecule has 0 spiro atoms. The zero-order valence-electron chi connectivity index (χ0n) is 13.5. The van der Waals surface area contributed by atoms with Crippen molar-refractivity contribution in [2.45, 2.75) is 12.8 Å². The van der Waals surface area contributed by atoms with Gasteiger partial charge in [0.25, 0.3) is 0 Å². The molecule has 130 valence electrons. The molecule has 6 heteroatoms. The highest BCUT2D eigenvalue weighted by atomic mass is 16.4. The molecule has 0 aliphatic carbocycles. The van der Waals surface area contributed by atoms with Crippen LogP contribution in [-0.4, -0.2) is 34.6 Å². The molecule has 0 unspecified atom stereocenters. The van der Waals surface area contributed by atoms with Gasteiger partial charge in [0.15, 0.2) is 0 Å². The van der Waals surface area contributed by atoms with E-state index in [9.17, 15) is 19.5 Å². The number of rotatable bonds is 8. The molecule has 0 aliphatic rings. The second kappa shape index (κ2) is 8.63. The molecule has 6 nitrogen and oxygen atoms in total. The Kier molecular flexibility index (Phi) is 6.28. The van der Waals surface area contributed by atoms with E-state index in [1.54, 1.807) is 0 Å². The van der Waals surface area contributed by atoms with Crippen molar-refractivity contribution in [2.24, 2.45) is 5.92 Å². The largest absolute Gasteiger partial charge is 0.481 e. The summed E-state index contributed by atoms with van der Waals surface area (Å²) in [4.78, 5) is 33.6. The summed E-state index contributed by atoms with van der Waals surface area (Å²) >= 11 is 0. The van der Waals surface area contributed by atoms with Crippen LogP contribution in [0.1, 0.15) is 12.0 Å². The van der Waals surface area contributed by atoms with Crippen LogP contribution in [0.15, 0.2) is 54.6 Å². The van der Waals surface area contributed by atoms with E-state index in [1.807, 2.05) is 54.6 Å². The lowest BCUT2D eigenvalue weighted by Crippen LogP contribution is -2.32. The van der Waals surface area contributed by atoms with E-state index >= 15 is 0 Å². The van der Waals surface area contributed by atoms with Crippen LogP contribution in [0.25, 0.3) is 11.1 Å². The fourth-order valence-electron chi connectivity index (χ4n) is 2.51. The fraction of sp³-hybridized carbons (Fsp3) is 0.211. The van der Waals surface area contributed by atoms with Gasteiger partial charge in [-0.05, 0) is 23.1 Å². The topological polar surface area (TPSA) is 104 Å². The van der Waals surface area contributed by atoms with Gasteiger partial charge in [0.05, 0.1) is 5.92 Å². The minimum absolute atomic E-state index is 0.191. The van der Waals surface area contributed by atoms with E-state index in [1.165, 1.54) is 0 Å². The van der Waals surface area contributed by atoms with Crippen molar-refractivity contribution in [2.75, 3.05) is 6.54 Å². The summed E-state index contributed by atoms with van der Waals surface area (Å²) in [5.41, 5.74) is 2.80. The van der Waals surface area contributed by atoms with Crippen molar-refractivity contribution in [3.05, 3.63) is 60.2 Å². The second-order valence-corrected chi connectivity index (χ2v) is 5.68. The zero-order valence-corrected chi connectivity index (χ0v) is 13.5. The van der Waals surface area contributed by atoms with Crippen molar-refractivity contribution in [3.8, 4) is 11.1 Å². The summed E-state index contributed by atoms with van der Waals surface area (Å²) in [6.45, 7) is -0.519. The normalized spacial score (nSPS) is 11.5. The number of hydrogen-bond donors (Lipinski definition) is 3. The molecule has 0 aliphatic heterocycles. The third kappa shape index (κ3) is 5.76. The van der Waals surface area contributed by atoms with Crippen LogP contribution in [0, 0.1) is 5.92 Å². The van der Waals surface area contributed by atoms with E-state index in [2.05, 4.69) is 5.32 Å². The lowest BCUT2D eigenvalue weighted by molar-refractivity contribution is -0.144. The van der Waals surface area contributed by atoms with Crippen LogP contribution in [0.3, 0.4) is 0 Å². The van der Waals surface area contributed by atoms with Crippen LogP contribution in [0.4, 0.5) is 0 Å². The van der Waals surface area contributed by atoms with Crippen LogP contribution >= 0.6 is 0 Å². The summed E-state index contributed by atoms with van der Waals surface area (Å²) < 4.78 is 0. The first kappa shape index (κ1) is 18.2. The minimum Gasteiger partial charge on any atom is -0.481 e. The highest BCUT2D eigenvalue weighted by molar-refractivity contribution is 5.85. The van der Waals surface area contributed by atoms with E-state index in [0.29, 0.717) is 0 Å². The Balaban J connectivity index is 2.08. The lowest BCUT2D eigenvalue weighted by Gasteiger charge is -2.13. The molecule has 1 atom stereocenters. The smallest absolute Gasteiger partial charge is 0.322 e. The summed E-state index contributed by atoms with van der Waals surface area (Å²) in [5, 5.41) is 20.1. The van der Waals surface area contributed by atoms with E-state index < -0.39 is 30.3 Å². The van der Waals surface area contributed by atoms with Crippen molar-refractivity contribution in [1.29, 1.82) is 0 Å². The average Bonchev–Trinajstić information content (AvgIpc) is 2.60. The number of benzene rings is 2. The SMILES string of the molecule is O=C(O)CNC(=O)C[C@@H](Cc1cccc(-c2ccccc2)c1)C(=O)O. The molecule has 2 rings (SSSR count). The molecule has 0 saturated carbocycles. The van der Waals surface area contributed by atoms with Crippen LogP contribution in [-0.2, 0) is 20.8 Å². The highest BCUT2D eigenvalue weighted by Gasteiger charge is 2.22. The van der Waals surface area contributed by atoms with Gasteiger partial charge in [0.2, 0.25) is 5.91 Å². The van der Waals surface area contributed by atoms with E-state index in [-0.39, 0.29) is 12.8 Å². The summed E-state index contributed by atoms with van der Waals surface area (Å²) in [6.07, 6.45) is -0.0747. The molecule has 0 radical (unpaired) electrons. The summed E-state index contributed by atoms with van der Waals surface area (Å²) in [5.74, 6) is -3.76. The van der Waals surface area contributed by atoms with Crippen molar-refractivity contribution in [3.63, 3.8) is 0 Å². The van der Waals surface area contributed by atoms with Crippen molar-refractivity contribution >= 4 is 17.8 Å². The van der Waals surface area contributed by atoms with Gasteiger partial charge >= 0.3 is 11.9 Å². The van der Waals surface area contributed by atoms with Gasteiger partial charge < -0.3 is 15.5 Å². The Bertz CT molecular complexity index is 757. The van der Waals surface area contributed by atoms with Gasteiger partial charge in [-0.3, -0.25) is 14.4 Å². The lowest BCUT2D eigenvalue weighted by atomic mass is 9.93. The predicted molar refractivity (Wildman–Crippen MR) is 92.0 cm³/mol. The number of carboxylic acid groups (broad SMARTS) is 2. The summed E-state index contributed by atoms with van der Waals surface area (Å²) in [7, 11) is 0. The maximum atomic E-state index is 11.7. The van der Waals surface area contributed by atoms with Crippen molar-refractivity contribution in [1.82, 2.24) is 5.32 Å². The van der Waals surface area contributed by atoms with Gasteiger partial charge in [0, 0.05) is 6.42 Å². The van der Waals surface area contributed by atoms with Gasteiger partial charge in [0.1, 0.15) is 6.54 Å². The monoisotopic (exact) mass is 341 g/mol. The third-order valence-electron chi connectivity index (χ3n) is 3.73. The first-order chi connectivity index (χ1) is 12.0. The number of carboxylic acids is 2. The number of carbonyl (C=O) groups excluding carboxylic acids is 1. The first-order valence-corrected chi connectivity index (χ1v) is 7.81. The molecule has 2 aromatic rings. The molecule has 1 amide bonds. The average molecular weight is 341 g/mol. The van der Waals surface area contributed by atoms with Gasteiger partial charge in [-0.2, -0.15) is 0 Å². The molecule has 0 saturated heterocycles. The number of carbonyl (C=O) groups is 3. The van der Waals surface area contributed by atoms with Crippen LogP contribution in [0.2, 0.25) is 0 Å². The Morgan fingerprint density at radius 3 is 2.24 bits per heavy atom. The molecule has 2 aromatic carbocycles. The Morgan fingerprint density at radius 1 is 0.920 bits per heavy atom. The Morgan fingerprint density at radius 2 is 1.60 bits per heavy atom. The molecule has 0 aromatic heterocycles. The number of nitrogens with one attached hydrogen (secondary N) is 1. The quantitative estimate of drug-likeness (QED) is 0.683. The summed E-state index contributed by atoms with van der Waals surface area (Å²) in [6, 6.07) is 17.2. The molecule has 0 fully saturated rings. The van der Waals surface area contributed by atoms with Crippen LogP contribution < -0.4 is 5.32 Å². The first-order valence-electron chi connectivity index (χ1n) is 7.81. The molecule has 25 heavy (non-hydrogen) atoms. The third-order valence-corrected chi connectivity index (χ3v) is 3.73. The Labute approximate surface area is 145 Å². The van der Waals surface area contributed by atoms with E-state index in [4.69, 9.17) is 5.11 Å². The fourth-order valence-corrected chi connectivity index (χ4v) is 2.51. The standard InChI is InChI=1S/C19H19NO5/c21-17(20-12-18(22)23)11-16(19(24)25)10-13-5-4-8-15(9-13)14-6-2-1-3-7-14/h1-9,16H,10-12H2,(H,20,21)(H,22,23)(H,24,25)/t16-/m1/s1. The number of aliphatic carboxylic acids is 2. The Hall–Kier alpha value is -3.15. The van der Waals surface area contributed by atoms with Gasteiger partial charge in [-0.1, -0.05) is 54.6 Å². The number of amides is 1. The van der Waals surface area contributed by atoms with Gasteiger partial charge in [-0.15, -0.1) is 0 Å². The second-order valence-electron chi connectivity index (χ2n) is 5.68. The highest BCUT2D eigenvalue weighted by Crippen LogP contribution is 2.22.